The first-order chi connectivity index (χ1) is 11.7. The largest absolute Gasteiger partial charge is 0.467 e. The monoisotopic (exact) mass is 323 g/mol. The Labute approximate surface area is 142 Å². The number of nitrogens with zero attached hydrogens (tertiary/aromatic N) is 1. The molecule has 1 fully saturated rings. The van der Waals surface area contributed by atoms with Crippen LogP contribution in [0.3, 0.4) is 0 Å². The molecular weight excluding hydrogens is 302 g/mol. The Bertz CT molecular complexity index is 709. The average molecular weight is 323 g/mol. The molecule has 1 heterocycles. The number of piperidine rings is 1. The van der Waals surface area contributed by atoms with Gasteiger partial charge in [-0.1, -0.05) is 42.5 Å². The molecule has 24 heavy (non-hydrogen) atoms. The van der Waals surface area contributed by atoms with E-state index in [4.69, 9.17) is 4.74 Å². The number of hydrogen-bond donors (Lipinski definition) is 0. The van der Waals surface area contributed by atoms with Gasteiger partial charge in [-0.15, -0.1) is 0 Å². The number of carbonyl (C=O) groups is 2. The fourth-order valence-electron chi connectivity index (χ4n) is 3.16. The topological polar surface area (TPSA) is 46.6 Å². The summed E-state index contributed by atoms with van der Waals surface area (Å²) in [7, 11) is 1.37. The maximum atomic E-state index is 12.8. The molecule has 124 valence electrons. The molecule has 1 aliphatic rings. The summed E-state index contributed by atoms with van der Waals surface area (Å²) < 4.78 is 4.85. The molecule has 1 unspecified atom stereocenters. The molecule has 0 N–H and O–H groups in total. The number of likely N-dealkylation sites (tertiary alicyclic amines) is 1. The minimum atomic E-state index is -0.468. The van der Waals surface area contributed by atoms with Crippen molar-refractivity contribution in [1.82, 2.24) is 4.90 Å². The predicted molar refractivity (Wildman–Crippen MR) is 92.6 cm³/mol. The van der Waals surface area contributed by atoms with Gasteiger partial charge in [0.15, 0.2) is 0 Å². The molecule has 1 atom stereocenters. The quantitative estimate of drug-likeness (QED) is 0.812. The zero-order valence-electron chi connectivity index (χ0n) is 13.8. The van der Waals surface area contributed by atoms with Crippen LogP contribution in [0.5, 0.6) is 0 Å². The summed E-state index contributed by atoms with van der Waals surface area (Å²) in [6, 6.07) is 17.1. The van der Waals surface area contributed by atoms with E-state index in [1.165, 1.54) is 7.11 Å². The molecule has 0 aliphatic carbocycles. The molecule has 4 nitrogen and oxygen atoms in total. The molecule has 0 aromatic heterocycles. The van der Waals surface area contributed by atoms with Gasteiger partial charge in [-0.25, -0.2) is 4.79 Å². The van der Waals surface area contributed by atoms with Crippen molar-refractivity contribution >= 4 is 11.9 Å². The van der Waals surface area contributed by atoms with Gasteiger partial charge in [-0.2, -0.15) is 0 Å². The number of amides is 1. The molecule has 4 heteroatoms. The Morgan fingerprint density at radius 1 is 0.958 bits per heavy atom. The van der Waals surface area contributed by atoms with Gasteiger partial charge in [0.1, 0.15) is 6.04 Å². The summed E-state index contributed by atoms with van der Waals surface area (Å²) in [6.45, 7) is 0.596. The van der Waals surface area contributed by atoms with Crippen LogP contribution < -0.4 is 0 Å². The number of rotatable bonds is 3. The summed E-state index contributed by atoms with van der Waals surface area (Å²) in [4.78, 5) is 26.4. The van der Waals surface area contributed by atoms with Gasteiger partial charge in [-0.05, 0) is 42.5 Å². The summed E-state index contributed by atoms with van der Waals surface area (Å²) in [6.07, 6.45) is 2.53. The number of carbonyl (C=O) groups excluding carboxylic acids is 2. The van der Waals surface area contributed by atoms with E-state index in [1.54, 1.807) is 4.90 Å². The van der Waals surface area contributed by atoms with Crippen molar-refractivity contribution in [3.63, 3.8) is 0 Å². The maximum Gasteiger partial charge on any atom is 0.328 e. The highest BCUT2D eigenvalue weighted by atomic mass is 16.5. The van der Waals surface area contributed by atoms with Crippen LogP contribution in [0.1, 0.15) is 29.6 Å². The molecule has 2 aromatic carbocycles. The lowest BCUT2D eigenvalue weighted by Gasteiger charge is -2.33. The van der Waals surface area contributed by atoms with Gasteiger partial charge in [0.05, 0.1) is 7.11 Å². The summed E-state index contributed by atoms with van der Waals surface area (Å²) in [5.41, 5.74) is 2.78. The first kappa shape index (κ1) is 16.2. The van der Waals surface area contributed by atoms with E-state index in [0.717, 1.165) is 24.0 Å². The van der Waals surface area contributed by atoms with Gasteiger partial charge in [0, 0.05) is 12.1 Å². The smallest absolute Gasteiger partial charge is 0.328 e. The van der Waals surface area contributed by atoms with Crippen LogP contribution in [0.25, 0.3) is 11.1 Å². The van der Waals surface area contributed by atoms with Crippen LogP contribution in [0, 0.1) is 0 Å². The number of esters is 1. The van der Waals surface area contributed by atoms with Crippen molar-refractivity contribution < 1.29 is 14.3 Å². The highest BCUT2D eigenvalue weighted by Crippen LogP contribution is 2.23. The molecule has 0 bridgehead atoms. The zero-order valence-corrected chi connectivity index (χ0v) is 13.8. The average Bonchev–Trinajstić information content (AvgIpc) is 2.67. The van der Waals surface area contributed by atoms with Crippen molar-refractivity contribution in [2.75, 3.05) is 13.7 Å². The molecule has 0 saturated carbocycles. The van der Waals surface area contributed by atoms with Crippen molar-refractivity contribution in [2.24, 2.45) is 0 Å². The minimum Gasteiger partial charge on any atom is -0.467 e. The Kier molecular flexibility index (Phi) is 4.94. The molecule has 1 aliphatic heterocycles. The Balaban J connectivity index is 1.80. The third-order valence-electron chi connectivity index (χ3n) is 4.48. The number of benzene rings is 2. The normalized spacial score (nSPS) is 17.4. The lowest BCUT2D eigenvalue weighted by Crippen LogP contribution is -2.48. The van der Waals surface area contributed by atoms with Gasteiger partial charge in [0.25, 0.3) is 5.91 Å². The maximum absolute atomic E-state index is 12.8. The molecule has 0 spiro atoms. The Morgan fingerprint density at radius 2 is 1.62 bits per heavy atom. The second-order valence-electron chi connectivity index (χ2n) is 5.98. The van der Waals surface area contributed by atoms with Crippen molar-refractivity contribution in [2.45, 2.75) is 25.3 Å². The van der Waals surface area contributed by atoms with Crippen LogP contribution >= 0.6 is 0 Å². The second kappa shape index (κ2) is 7.30. The first-order valence-electron chi connectivity index (χ1n) is 8.25. The van der Waals surface area contributed by atoms with Gasteiger partial charge < -0.3 is 9.64 Å². The third-order valence-corrected chi connectivity index (χ3v) is 4.48. The Morgan fingerprint density at radius 3 is 2.29 bits per heavy atom. The van der Waals surface area contributed by atoms with Crippen molar-refractivity contribution in [3.05, 3.63) is 60.2 Å². The second-order valence-corrected chi connectivity index (χ2v) is 5.98. The minimum absolute atomic E-state index is 0.107. The van der Waals surface area contributed by atoms with Crippen LogP contribution in [-0.2, 0) is 9.53 Å². The fourth-order valence-corrected chi connectivity index (χ4v) is 3.16. The SMILES string of the molecule is COC(=O)C1CCCCN1C(=O)c1ccc(-c2ccccc2)cc1. The fraction of sp³-hybridized carbons (Fsp3) is 0.300. The molecule has 2 aromatic rings. The van der Waals surface area contributed by atoms with E-state index in [9.17, 15) is 9.59 Å². The lowest BCUT2D eigenvalue weighted by atomic mass is 9.99. The number of hydrogen-bond acceptors (Lipinski definition) is 3. The van der Waals surface area contributed by atoms with E-state index in [2.05, 4.69) is 0 Å². The van der Waals surface area contributed by atoms with E-state index < -0.39 is 6.04 Å². The molecule has 3 rings (SSSR count). The van der Waals surface area contributed by atoms with Crippen LogP contribution in [0.15, 0.2) is 54.6 Å². The van der Waals surface area contributed by atoms with Gasteiger partial charge >= 0.3 is 5.97 Å². The summed E-state index contributed by atoms with van der Waals surface area (Å²) in [5, 5.41) is 0. The zero-order chi connectivity index (χ0) is 16.9. The molecule has 0 radical (unpaired) electrons. The van der Waals surface area contributed by atoms with Crippen LogP contribution in [0.4, 0.5) is 0 Å². The Hall–Kier alpha value is -2.62. The summed E-state index contributed by atoms with van der Waals surface area (Å²) in [5.74, 6) is -0.436. The molecule has 1 amide bonds. The van der Waals surface area contributed by atoms with Crippen LogP contribution in [-0.4, -0.2) is 36.5 Å². The van der Waals surface area contributed by atoms with Crippen LogP contribution in [0.2, 0.25) is 0 Å². The van der Waals surface area contributed by atoms with Crippen molar-refractivity contribution in [3.8, 4) is 11.1 Å². The highest BCUT2D eigenvalue weighted by molar-refractivity contribution is 5.97. The summed E-state index contributed by atoms with van der Waals surface area (Å²) >= 11 is 0. The van der Waals surface area contributed by atoms with Gasteiger partial charge in [-0.3, -0.25) is 4.79 Å². The standard InChI is InChI=1S/C20H21NO3/c1-24-20(23)18-9-5-6-14-21(18)19(22)17-12-10-16(11-13-17)15-7-3-2-4-8-15/h2-4,7-8,10-13,18H,5-6,9,14H2,1H3. The number of ether oxygens (including phenoxy) is 1. The molecule has 1 saturated heterocycles. The van der Waals surface area contributed by atoms with E-state index in [0.29, 0.717) is 18.5 Å². The van der Waals surface area contributed by atoms with Gasteiger partial charge in [0.2, 0.25) is 0 Å². The predicted octanol–water partition coefficient (Wildman–Crippen LogP) is 3.52. The highest BCUT2D eigenvalue weighted by Gasteiger charge is 2.33. The number of methoxy groups -OCH3 is 1. The first-order valence-corrected chi connectivity index (χ1v) is 8.25. The third kappa shape index (κ3) is 3.32. The van der Waals surface area contributed by atoms with Crippen molar-refractivity contribution in [1.29, 1.82) is 0 Å². The van der Waals surface area contributed by atoms with E-state index in [1.807, 2.05) is 54.6 Å². The van der Waals surface area contributed by atoms with E-state index in [-0.39, 0.29) is 11.9 Å². The lowest BCUT2D eigenvalue weighted by molar-refractivity contribution is -0.147. The molecular formula is C20H21NO3. The van der Waals surface area contributed by atoms with E-state index >= 15 is 0 Å².